The second-order valence-electron chi connectivity index (χ2n) is 6.10. The summed E-state index contributed by atoms with van der Waals surface area (Å²) in [6.45, 7) is 2.24. The molecule has 10 heteroatoms. The molecule has 2 atom stereocenters. The van der Waals surface area contributed by atoms with Crippen LogP contribution in [0.1, 0.15) is 19.8 Å². The monoisotopic (exact) mass is 378 g/mol. The highest BCUT2D eigenvalue weighted by atomic mass is 32.2. The summed E-state index contributed by atoms with van der Waals surface area (Å²) in [4.78, 5) is 13.7. The van der Waals surface area contributed by atoms with Gasteiger partial charge >= 0.3 is 6.36 Å². The maximum atomic E-state index is 12.9. The van der Waals surface area contributed by atoms with Gasteiger partial charge in [0.1, 0.15) is 11.8 Å². The summed E-state index contributed by atoms with van der Waals surface area (Å²) < 4.78 is 67.6. The molecule has 2 fully saturated rings. The van der Waals surface area contributed by atoms with E-state index in [1.54, 1.807) is 4.90 Å². The van der Waals surface area contributed by atoms with E-state index in [9.17, 15) is 26.4 Å². The lowest BCUT2D eigenvalue weighted by Crippen LogP contribution is -2.59. The van der Waals surface area contributed by atoms with Gasteiger partial charge in [-0.1, -0.05) is 6.07 Å². The number of rotatable bonds is 3. The third-order valence-corrected chi connectivity index (χ3v) is 6.42. The van der Waals surface area contributed by atoms with Gasteiger partial charge in [0.05, 0.1) is 4.90 Å². The van der Waals surface area contributed by atoms with Crippen LogP contribution >= 0.6 is 0 Å². The third kappa shape index (κ3) is 3.45. The van der Waals surface area contributed by atoms with Crippen LogP contribution in [0, 0.1) is 0 Å². The summed E-state index contributed by atoms with van der Waals surface area (Å²) in [5, 5.41) is 0. The number of amides is 1. The molecule has 1 amide bonds. The number of hydrogen-bond acceptors (Lipinski definition) is 4. The summed E-state index contributed by atoms with van der Waals surface area (Å²) in [5.41, 5.74) is 0. The van der Waals surface area contributed by atoms with Crippen LogP contribution < -0.4 is 4.74 Å². The highest BCUT2D eigenvalue weighted by Crippen LogP contribution is 2.31. The number of carbonyl (C=O) groups is 1. The number of halogens is 3. The Morgan fingerprint density at radius 2 is 2.00 bits per heavy atom. The second-order valence-corrected chi connectivity index (χ2v) is 7.99. The molecule has 2 aliphatic rings. The first-order valence-corrected chi connectivity index (χ1v) is 9.22. The van der Waals surface area contributed by atoms with Crippen molar-refractivity contribution in [3.8, 4) is 5.75 Å². The van der Waals surface area contributed by atoms with Gasteiger partial charge in [0.2, 0.25) is 15.9 Å². The zero-order valence-corrected chi connectivity index (χ0v) is 14.2. The summed E-state index contributed by atoms with van der Waals surface area (Å²) in [6, 6.07) is 3.12. The van der Waals surface area contributed by atoms with Crippen molar-refractivity contribution in [2.24, 2.45) is 0 Å². The van der Waals surface area contributed by atoms with Crippen molar-refractivity contribution in [3.05, 3.63) is 24.3 Å². The van der Waals surface area contributed by atoms with Gasteiger partial charge in [-0.2, -0.15) is 4.31 Å². The number of nitrogens with zero attached hydrogens (tertiary/aromatic N) is 2. The molecule has 0 saturated carbocycles. The summed E-state index contributed by atoms with van der Waals surface area (Å²) in [6.07, 6.45) is -3.39. The van der Waals surface area contributed by atoms with Gasteiger partial charge in [0, 0.05) is 25.2 Å². The number of hydrogen-bond donors (Lipinski definition) is 0. The molecule has 0 aromatic heterocycles. The number of fused-ring (bicyclic) bond motifs is 1. The van der Waals surface area contributed by atoms with E-state index < -0.39 is 28.2 Å². The van der Waals surface area contributed by atoms with E-state index in [1.807, 2.05) is 0 Å². The maximum Gasteiger partial charge on any atom is 0.573 e. The Kier molecular flexibility index (Phi) is 4.44. The molecular weight excluding hydrogens is 361 g/mol. The normalized spacial score (nSPS) is 25.1. The Morgan fingerprint density at radius 3 is 2.68 bits per heavy atom. The van der Waals surface area contributed by atoms with Crippen molar-refractivity contribution < 1.29 is 31.1 Å². The highest BCUT2D eigenvalue weighted by Gasteiger charge is 2.45. The van der Waals surface area contributed by atoms with Crippen LogP contribution in [0.5, 0.6) is 5.75 Å². The minimum atomic E-state index is -4.92. The smallest absolute Gasteiger partial charge is 0.406 e. The number of benzene rings is 1. The van der Waals surface area contributed by atoms with Gasteiger partial charge in [-0.05, 0) is 31.9 Å². The molecule has 0 unspecified atom stereocenters. The van der Waals surface area contributed by atoms with E-state index in [-0.39, 0.29) is 23.4 Å². The number of sulfonamides is 1. The largest absolute Gasteiger partial charge is 0.573 e. The van der Waals surface area contributed by atoms with Crippen LogP contribution in [0.3, 0.4) is 0 Å². The van der Waals surface area contributed by atoms with Gasteiger partial charge in [0.25, 0.3) is 0 Å². The fraction of sp³-hybridized carbons (Fsp3) is 0.533. The molecule has 1 aromatic carbocycles. The molecular formula is C15H17F3N2O4S. The van der Waals surface area contributed by atoms with E-state index in [4.69, 9.17) is 0 Å². The van der Waals surface area contributed by atoms with Crippen LogP contribution in [0.25, 0.3) is 0 Å². The van der Waals surface area contributed by atoms with Gasteiger partial charge in [-0.25, -0.2) is 8.42 Å². The summed E-state index contributed by atoms with van der Waals surface area (Å²) >= 11 is 0. The predicted octanol–water partition coefficient (Wildman–Crippen LogP) is 1.97. The molecule has 3 rings (SSSR count). The highest BCUT2D eigenvalue weighted by molar-refractivity contribution is 7.89. The van der Waals surface area contributed by atoms with Gasteiger partial charge in [-0.3, -0.25) is 4.79 Å². The third-order valence-electron chi connectivity index (χ3n) is 4.49. The Labute approximate surface area is 143 Å². The fourth-order valence-electron chi connectivity index (χ4n) is 3.32. The van der Waals surface area contributed by atoms with Gasteiger partial charge < -0.3 is 9.64 Å². The average Bonchev–Trinajstić information content (AvgIpc) is 2.98. The van der Waals surface area contributed by atoms with Crippen molar-refractivity contribution in [3.63, 3.8) is 0 Å². The van der Waals surface area contributed by atoms with Crippen molar-refractivity contribution in [1.29, 1.82) is 0 Å². The number of carbonyl (C=O) groups excluding carboxylic acids is 1. The topological polar surface area (TPSA) is 66.9 Å². The SMILES string of the molecule is C[C@H]1C(=O)N2CCC[C@@H]2CN1S(=O)(=O)c1cccc(OC(F)(F)F)c1. The van der Waals surface area contributed by atoms with Crippen LogP contribution in [-0.2, 0) is 14.8 Å². The molecule has 25 heavy (non-hydrogen) atoms. The second kappa shape index (κ2) is 6.17. The van der Waals surface area contributed by atoms with E-state index >= 15 is 0 Å². The Hall–Kier alpha value is -1.81. The number of ether oxygens (including phenoxy) is 1. The molecule has 2 heterocycles. The first kappa shape index (κ1) is 18.0. The predicted molar refractivity (Wildman–Crippen MR) is 81.2 cm³/mol. The first-order chi connectivity index (χ1) is 11.6. The van der Waals surface area contributed by atoms with Crippen molar-refractivity contribution in [2.75, 3.05) is 13.1 Å². The molecule has 0 aliphatic carbocycles. The molecule has 0 radical (unpaired) electrons. The van der Waals surface area contributed by atoms with E-state index in [0.29, 0.717) is 13.0 Å². The van der Waals surface area contributed by atoms with Crippen LogP contribution in [0.2, 0.25) is 0 Å². The molecule has 2 saturated heterocycles. The van der Waals surface area contributed by atoms with Crippen LogP contribution in [0.15, 0.2) is 29.2 Å². The first-order valence-electron chi connectivity index (χ1n) is 7.78. The van der Waals surface area contributed by atoms with Crippen LogP contribution in [-0.4, -0.2) is 55.1 Å². The summed E-state index contributed by atoms with van der Waals surface area (Å²) in [7, 11) is -4.12. The van der Waals surface area contributed by atoms with Crippen LogP contribution in [0.4, 0.5) is 13.2 Å². The minimum Gasteiger partial charge on any atom is -0.406 e. The molecule has 1 aromatic rings. The zero-order chi connectivity index (χ0) is 18.4. The summed E-state index contributed by atoms with van der Waals surface area (Å²) in [5.74, 6) is -0.896. The lowest BCUT2D eigenvalue weighted by molar-refractivity contribution is -0.274. The van der Waals surface area contributed by atoms with E-state index in [2.05, 4.69) is 4.74 Å². The molecule has 0 N–H and O–H groups in total. The molecule has 2 aliphatic heterocycles. The average molecular weight is 378 g/mol. The molecule has 0 bridgehead atoms. The molecule has 6 nitrogen and oxygen atoms in total. The molecule has 138 valence electrons. The maximum absolute atomic E-state index is 12.9. The standard InChI is InChI=1S/C15H17F3N2O4S/c1-10-14(21)19-7-3-4-11(19)9-20(10)25(22,23)13-6-2-5-12(8-13)24-15(16,17)18/h2,5-6,8,10-11H,3-4,7,9H2,1H3/t10-,11+/m0/s1. The van der Waals surface area contributed by atoms with Gasteiger partial charge in [-0.15, -0.1) is 13.2 Å². The fourth-order valence-corrected chi connectivity index (χ4v) is 4.98. The Morgan fingerprint density at radius 1 is 1.28 bits per heavy atom. The molecule has 0 spiro atoms. The Balaban J connectivity index is 1.91. The number of alkyl halides is 3. The van der Waals surface area contributed by atoms with Crippen molar-refractivity contribution >= 4 is 15.9 Å². The van der Waals surface area contributed by atoms with Crippen molar-refractivity contribution in [2.45, 2.75) is 43.1 Å². The lowest BCUT2D eigenvalue weighted by Gasteiger charge is -2.40. The zero-order valence-electron chi connectivity index (χ0n) is 13.4. The Bertz CT molecular complexity index is 781. The minimum absolute atomic E-state index is 0.138. The lowest BCUT2D eigenvalue weighted by atomic mass is 10.1. The van der Waals surface area contributed by atoms with E-state index in [0.717, 1.165) is 22.9 Å². The number of piperazine rings is 1. The quantitative estimate of drug-likeness (QED) is 0.807. The van der Waals surface area contributed by atoms with Gasteiger partial charge in [0.15, 0.2) is 0 Å². The van der Waals surface area contributed by atoms with E-state index in [1.165, 1.54) is 19.1 Å². The van der Waals surface area contributed by atoms with Crippen molar-refractivity contribution in [1.82, 2.24) is 9.21 Å².